The molecule has 1 aliphatic heterocycles. The van der Waals surface area contributed by atoms with Crippen molar-refractivity contribution >= 4 is 17.3 Å². The molecule has 1 fully saturated rings. The van der Waals surface area contributed by atoms with Crippen LogP contribution in [0, 0.1) is 11.6 Å². The van der Waals surface area contributed by atoms with Crippen LogP contribution in [0.25, 0.3) is 0 Å². The molecule has 6 heteroatoms. The van der Waals surface area contributed by atoms with Crippen LogP contribution >= 0.6 is 12.2 Å². The van der Waals surface area contributed by atoms with Crippen LogP contribution in [0.4, 0.5) is 8.78 Å². The molecule has 0 aliphatic carbocycles. The highest BCUT2D eigenvalue weighted by atomic mass is 32.1. The molecule has 1 saturated heterocycles. The van der Waals surface area contributed by atoms with Crippen LogP contribution in [-0.2, 0) is 0 Å². The first kappa shape index (κ1) is 20.8. The standard InChI is InChI=1S/C22H27F2N3S/c1-27(22(25)28)15-13-26(14-16-27)12-2-3-21(17-4-8-19(23)9-5-17)18-6-10-20(24)11-7-18/h4-11,21H,2-3,12-16H2,1H3,(H-,25,28)/p+1. The van der Waals surface area contributed by atoms with Gasteiger partial charge in [0.15, 0.2) is 0 Å². The van der Waals surface area contributed by atoms with Gasteiger partial charge in [-0.15, -0.1) is 0 Å². The summed E-state index contributed by atoms with van der Waals surface area (Å²) in [5.41, 5.74) is 7.99. The second-order valence-electron chi connectivity index (χ2n) is 7.82. The Kier molecular flexibility index (Phi) is 6.75. The van der Waals surface area contributed by atoms with Gasteiger partial charge in [-0.25, -0.2) is 8.78 Å². The smallest absolute Gasteiger partial charge is 0.267 e. The fourth-order valence-electron chi connectivity index (χ4n) is 3.83. The largest absolute Gasteiger partial charge is 0.345 e. The molecule has 0 saturated carbocycles. The molecular weight excluding hydrogens is 376 g/mol. The zero-order valence-corrected chi connectivity index (χ0v) is 17.1. The minimum atomic E-state index is -0.242. The molecule has 0 bridgehead atoms. The summed E-state index contributed by atoms with van der Waals surface area (Å²) >= 11 is 5.19. The van der Waals surface area contributed by atoms with E-state index in [2.05, 4.69) is 11.9 Å². The Morgan fingerprint density at radius 3 is 1.89 bits per heavy atom. The van der Waals surface area contributed by atoms with Crippen molar-refractivity contribution in [3.63, 3.8) is 0 Å². The van der Waals surface area contributed by atoms with E-state index in [0.717, 1.165) is 56.7 Å². The summed E-state index contributed by atoms with van der Waals surface area (Å²) in [6.07, 6.45) is 1.94. The van der Waals surface area contributed by atoms with E-state index in [9.17, 15) is 8.78 Å². The Labute approximate surface area is 171 Å². The van der Waals surface area contributed by atoms with Crippen LogP contribution in [0.5, 0.6) is 0 Å². The minimum absolute atomic E-state index is 0.128. The second kappa shape index (κ2) is 9.07. The number of halogens is 2. The van der Waals surface area contributed by atoms with Crippen molar-refractivity contribution in [2.75, 3.05) is 39.8 Å². The Hall–Kier alpha value is -1.89. The van der Waals surface area contributed by atoms with E-state index in [4.69, 9.17) is 18.0 Å². The van der Waals surface area contributed by atoms with Crippen molar-refractivity contribution in [2.45, 2.75) is 18.8 Å². The molecule has 0 atom stereocenters. The average Bonchev–Trinajstić information content (AvgIpc) is 2.68. The van der Waals surface area contributed by atoms with Crippen LogP contribution < -0.4 is 5.73 Å². The molecule has 150 valence electrons. The molecule has 0 unspecified atom stereocenters. The van der Waals surface area contributed by atoms with Gasteiger partial charge in [0.2, 0.25) is 0 Å². The van der Waals surface area contributed by atoms with Crippen LogP contribution in [0.2, 0.25) is 0 Å². The number of nitrogens with zero attached hydrogens (tertiary/aromatic N) is 2. The number of nitrogens with two attached hydrogens (primary N) is 1. The highest BCUT2D eigenvalue weighted by Gasteiger charge is 2.31. The number of hydrogen-bond donors (Lipinski definition) is 1. The molecule has 1 heterocycles. The van der Waals surface area contributed by atoms with E-state index in [1.807, 2.05) is 24.3 Å². The van der Waals surface area contributed by atoms with E-state index in [1.54, 1.807) is 0 Å². The fourth-order valence-corrected chi connectivity index (χ4v) is 4.01. The Morgan fingerprint density at radius 2 is 1.46 bits per heavy atom. The summed E-state index contributed by atoms with van der Waals surface area (Å²) in [5.74, 6) is -0.355. The van der Waals surface area contributed by atoms with Crippen LogP contribution in [0.1, 0.15) is 29.9 Å². The lowest BCUT2D eigenvalue weighted by molar-refractivity contribution is -0.824. The van der Waals surface area contributed by atoms with Crippen molar-refractivity contribution in [3.8, 4) is 0 Å². The van der Waals surface area contributed by atoms with Gasteiger partial charge in [0.25, 0.3) is 5.11 Å². The molecule has 2 aromatic rings. The molecule has 1 aliphatic rings. The summed E-state index contributed by atoms with van der Waals surface area (Å²) in [6.45, 7) is 4.83. The SMILES string of the molecule is C[N+]1(C(N)=S)CCN(CCCC(c2ccc(F)cc2)c2ccc(F)cc2)CC1. The van der Waals surface area contributed by atoms with Crippen molar-refractivity contribution in [1.29, 1.82) is 0 Å². The van der Waals surface area contributed by atoms with Gasteiger partial charge in [0.1, 0.15) is 11.6 Å². The van der Waals surface area contributed by atoms with Crippen LogP contribution in [0.15, 0.2) is 48.5 Å². The monoisotopic (exact) mass is 404 g/mol. The number of piperazine rings is 1. The van der Waals surface area contributed by atoms with Gasteiger partial charge < -0.3 is 5.73 Å². The molecule has 3 nitrogen and oxygen atoms in total. The molecule has 0 radical (unpaired) electrons. The normalized spacial score (nSPS) is 17.0. The fraction of sp³-hybridized carbons (Fsp3) is 0.409. The first-order chi connectivity index (χ1) is 13.4. The maximum atomic E-state index is 13.3. The average molecular weight is 405 g/mol. The lowest BCUT2D eigenvalue weighted by Gasteiger charge is -2.40. The molecule has 3 rings (SSSR count). The number of rotatable bonds is 6. The van der Waals surface area contributed by atoms with Crippen LogP contribution in [-0.4, -0.2) is 54.3 Å². The van der Waals surface area contributed by atoms with Crippen molar-refractivity contribution < 1.29 is 13.3 Å². The summed E-state index contributed by atoms with van der Waals surface area (Å²) in [6, 6.07) is 13.3. The first-order valence-electron chi connectivity index (χ1n) is 9.75. The highest BCUT2D eigenvalue weighted by molar-refractivity contribution is 7.79. The number of likely N-dealkylation sites (N-methyl/N-ethyl adjacent to an activating group) is 1. The van der Waals surface area contributed by atoms with Crippen molar-refractivity contribution in [1.82, 2.24) is 4.90 Å². The third-order valence-electron chi connectivity index (χ3n) is 5.86. The van der Waals surface area contributed by atoms with Crippen LogP contribution in [0.3, 0.4) is 0 Å². The van der Waals surface area contributed by atoms with Gasteiger partial charge in [-0.1, -0.05) is 24.3 Å². The molecule has 0 amide bonds. The Balaban J connectivity index is 1.62. The van der Waals surface area contributed by atoms with Crippen molar-refractivity contribution in [3.05, 3.63) is 71.3 Å². The number of benzene rings is 2. The lowest BCUT2D eigenvalue weighted by Crippen LogP contribution is -2.61. The molecule has 0 spiro atoms. The molecule has 28 heavy (non-hydrogen) atoms. The van der Waals surface area contributed by atoms with Gasteiger partial charge in [-0.05, 0) is 54.8 Å². The minimum Gasteiger partial charge on any atom is -0.345 e. The number of thiocarbonyl (C=S) groups is 1. The summed E-state index contributed by atoms with van der Waals surface area (Å²) in [5, 5.41) is 0.562. The first-order valence-corrected chi connectivity index (χ1v) is 10.2. The molecule has 2 aromatic carbocycles. The summed E-state index contributed by atoms with van der Waals surface area (Å²) < 4.78 is 27.4. The third-order valence-corrected chi connectivity index (χ3v) is 6.30. The topological polar surface area (TPSA) is 29.3 Å². The number of quaternary nitrogens is 1. The summed E-state index contributed by atoms with van der Waals surface area (Å²) in [4.78, 5) is 2.45. The highest BCUT2D eigenvalue weighted by Crippen LogP contribution is 2.30. The zero-order chi connectivity index (χ0) is 20.1. The van der Waals surface area contributed by atoms with E-state index in [1.165, 1.54) is 24.3 Å². The van der Waals surface area contributed by atoms with E-state index < -0.39 is 0 Å². The van der Waals surface area contributed by atoms with Gasteiger partial charge >= 0.3 is 0 Å². The van der Waals surface area contributed by atoms with Gasteiger partial charge in [-0.2, -0.15) is 0 Å². The number of hydrogen-bond acceptors (Lipinski definition) is 2. The molecule has 0 aromatic heterocycles. The van der Waals surface area contributed by atoms with Gasteiger partial charge in [0.05, 0.1) is 20.1 Å². The van der Waals surface area contributed by atoms with E-state index >= 15 is 0 Å². The zero-order valence-electron chi connectivity index (χ0n) is 16.3. The third kappa shape index (κ3) is 5.13. The predicted octanol–water partition coefficient (Wildman–Crippen LogP) is 3.88. The van der Waals surface area contributed by atoms with E-state index in [0.29, 0.717) is 9.60 Å². The predicted molar refractivity (Wildman–Crippen MR) is 113 cm³/mol. The van der Waals surface area contributed by atoms with Gasteiger partial charge in [0, 0.05) is 31.2 Å². The maximum absolute atomic E-state index is 13.3. The Morgan fingerprint density at radius 1 is 1.00 bits per heavy atom. The quantitative estimate of drug-likeness (QED) is 0.585. The van der Waals surface area contributed by atoms with E-state index in [-0.39, 0.29) is 17.6 Å². The molecular formula is C22H28F2N3S+. The van der Waals surface area contributed by atoms with Crippen molar-refractivity contribution in [2.24, 2.45) is 5.73 Å². The van der Waals surface area contributed by atoms with Gasteiger partial charge in [-0.3, -0.25) is 9.38 Å². The lowest BCUT2D eigenvalue weighted by atomic mass is 9.87. The second-order valence-corrected chi connectivity index (χ2v) is 8.24. The molecule has 2 N–H and O–H groups in total. The summed E-state index contributed by atoms with van der Waals surface area (Å²) in [7, 11) is 2.10. The maximum Gasteiger partial charge on any atom is 0.267 e. The Bertz CT molecular complexity index is 739.